The molecule has 0 amide bonds. The maximum absolute atomic E-state index is 11.5. The average molecular weight is 475 g/mol. The zero-order chi connectivity index (χ0) is 23.1. The summed E-state index contributed by atoms with van der Waals surface area (Å²) in [6, 6.07) is 15.2. The van der Waals surface area contributed by atoms with Crippen LogP contribution in [0.5, 0.6) is 0 Å². The maximum Gasteiger partial charge on any atom is 0.229 e. The van der Waals surface area contributed by atoms with Crippen molar-refractivity contribution in [3.05, 3.63) is 65.4 Å². The molecule has 10 heteroatoms. The largest absolute Gasteiger partial charge is 0.297 e. The highest BCUT2D eigenvalue weighted by Gasteiger charge is 2.25. The zero-order valence-electron chi connectivity index (χ0n) is 18.2. The van der Waals surface area contributed by atoms with Gasteiger partial charge >= 0.3 is 0 Å². The van der Waals surface area contributed by atoms with Gasteiger partial charge in [0.1, 0.15) is 0 Å². The van der Waals surface area contributed by atoms with Gasteiger partial charge in [0.2, 0.25) is 20.0 Å². The number of fused-ring (bicyclic) bond motifs is 2. The number of hydrogen-bond donors (Lipinski definition) is 2. The fraction of sp³-hybridized carbons (Fsp3) is 0.318. The van der Waals surface area contributed by atoms with Crippen LogP contribution in [0, 0.1) is 0 Å². The Bertz CT molecular complexity index is 1390. The molecular formula is C22H26N4O4S2. The number of rotatable bonds is 7. The maximum atomic E-state index is 11.5. The number of sulfonamides is 2. The summed E-state index contributed by atoms with van der Waals surface area (Å²) in [5.74, 6) is 0. The molecule has 1 atom stereocenters. The molecule has 2 aromatic carbocycles. The van der Waals surface area contributed by atoms with E-state index in [1.165, 1.54) is 5.56 Å². The molecule has 8 nitrogen and oxygen atoms in total. The molecule has 1 heterocycles. The van der Waals surface area contributed by atoms with Gasteiger partial charge in [0.15, 0.2) is 0 Å². The average Bonchev–Trinajstić information content (AvgIpc) is 3.09. The van der Waals surface area contributed by atoms with Crippen molar-refractivity contribution in [1.29, 1.82) is 0 Å². The first-order valence-electron chi connectivity index (χ1n) is 10.1. The van der Waals surface area contributed by atoms with Crippen molar-refractivity contribution < 1.29 is 16.8 Å². The number of hydrogen-bond acceptors (Lipinski definition) is 6. The summed E-state index contributed by atoms with van der Waals surface area (Å²) in [4.78, 5) is 6.99. The Balaban J connectivity index is 1.45. The van der Waals surface area contributed by atoms with Crippen molar-refractivity contribution in [2.75, 3.05) is 29.0 Å². The number of pyridine rings is 1. The molecule has 0 bridgehead atoms. The molecular weight excluding hydrogens is 448 g/mol. The Kier molecular flexibility index (Phi) is 5.87. The number of aromatic nitrogens is 1. The van der Waals surface area contributed by atoms with Crippen LogP contribution in [0.4, 0.5) is 11.4 Å². The zero-order valence-corrected chi connectivity index (χ0v) is 19.8. The van der Waals surface area contributed by atoms with Crippen molar-refractivity contribution in [2.24, 2.45) is 0 Å². The highest BCUT2D eigenvalue weighted by Crippen LogP contribution is 2.29. The predicted molar refractivity (Wildman–Crippen MR) is 128 cm³/mol. The van der Waals surface area contributed by atoms with Crippen molar-refractivity contribution in [3.8, 4) is 0 Å². The van der Waals surface area contributed by atoms with Gasteiger partial charge in [-0.25, -0.2) is 16.8 Å². The fourth-order valence-corrected chi connectivity index (χ4v) is 5.21. The van der Waals surface area contributed by atoms with E-state index in [0.717, 1.165) is 47.5 Å². The third-order valence-electron chi connectivity index (χ3n) is 5.51. The molecule has 3 aromatic rings. The van der Waals surface area contributed by atoms with E-state index in [-0.39, 0.29) is 0 Å². The first-order valence-corrected chi connectivity index (χ1v) is 13.9. The molecule has 0 saturated heterocycles. The minimum absolute atomic E-state index is 0.303. The molecule has 0 aliphatic heterocycles. The van der Waals surface area contributed by atoms with Gasteiger partial charge in [0.05, 0.1) is 23.7 Å². The van der Waals surface area contributed by atoms with Crippen LogP contribution in [-0.2, 0) is 39.4 Å². The molecule has 1 unspecified atom stereocenters. The van der Waals surface area contributed by atoms with E-state index in [9.17, 15) is 16.8 Å². The molecule has 0 radical (unpaired) electrons. The molecule has 32 heavy (non-hydrogen) atoms. The van der Waals surface area contributed by atoms with Crippen LogP contribution in [-0.4, -0.2) is 52.3 Å². The summed E-state index contributed by atoms with van der Waals surface area (Å²) in [5.41, 5.74) is 5.24. The summed E-state index contributed by atoms with van der Waals surface area (Å²) >= 11 is 0. The second kappa shape index (κ2) is 8.34. The lowest BCUT2D eigenvalue weighted by Gasteiger charge is -2.23. The molecule has 1 aliphatic rings. The Labute approximate surface area is 188 Å². The van der Waals surface area contributed by atoms with Crippen molar-refractivity contribution in [2.45, 2.75) is 25.4 Å². The first kappa shape index (κ1) is 22.5. The Morgan fingerprint density at radius 2 is 1.50 bits per heavy atom. The van der Waals surface area contributed by atoms with E-state index in [1.807, 2.05) is 30.3 Å². The van der Waals surface area contributed by atoms with E-state index in [4.69, 9.17) is 4.98 Å². The highest BCUT2D eigenvalue weighted by molar-refractivity contribution is 7.92. The third kappa shape index (κ3) is 5.56. The van der Waals surface area contributed by atoms with Crippen molar-refractivity contribution in [3.63, 3.8) is 0 Å². The number of nitrogens with zero attached hydrogens (tertiary/aromatic N) is 2. The quantitative estimate of drug-likeness (QED) is 0.545. The van der Waals surface area contributed by atoms with E-state index in [2.05, 4.69) is 21.4 Å². The molecule has 4 rings (SSSR count). The number of anilines is 2. The lowest BCUT2D eigenvalue weighted by molar-refractivity contribution is 0.238. The number of nitrogens with one attached hydrogen (secondary N) is 2. The molecule has 170 valence electrons. The lowest BCUT2D eigenvalue weighted by atomic mass is 10.1. The monoisotopic (exact) mass is 474 g/mol. The van der Waals surface area contributed by atoms with Crippen molar-refractivity contribution >= 4 is 42.3 Å². The summed E-state index contributed by atoms with van der Waals surface area (Å²) < 4.78 is 50.9. The molecule has 0 fully saturated rings. The summed E-state index contributed by atoms with van der Waals surface area (Å²) in [6.07, 6.45) is 4.02. The predicted octanol–water partition coefficient (Wildman–Crippen LogP) is 2.58. The molecule has 0 spiro atoms. The van der Waals surface area contributed by atoms with Crippen LogP contribution in [0.1, 0.15) is 16.8 Å². The Hall–Kier alpha value is -2.69. The van der Waals surface area contributed by atoms with Gasteiger partial charge < -0.3 is 0 Å². The minimum atomic E-state index is -3.32. The van der Waals surface area contributed by atoms with Crippen LogP contribution in [0.2, 0.25) is 0 Å². The summed E-state index contributed by atoms with van der Waals surface area (Å²) in [5, 5.41) is 0.865. The summed E-state index contributed by atoms with van der Waals surface area (Å²) in [6.45, 7) is 0.673. The van der Waals surface area contributed by atoms with Crippen LogP contribution in [0.25, 0.3) is 10.9 Å². The van der Waals surface area contributed by atoms with Gasteiger partial charge in [-0.3, -0.25) is 19.3 Å². The van der Waals surface area contributed by atoms with Crippen LogP contribution < -0.4 is 9.44 Å². The van der Waals surface area contributed by atoms with E-state index < -0.39 is 20.0 Å². The van der Waals surface area contributed by atoms with Gasteiger partial charge in [-0.15, -0.1) is 0 Å². The molecule has 1 aromatic heterocycles. The Morgan fingerprint density at radius 3 is 2.19 bits per heavy atom. The van der Waals surface area contributed by atoms with Crippen molar-refractivity contribution in [1.82, 2.24) is 9.88 Å². The van der Waals surface area contributed by atoms with Gasteiger partial charge in [-0.1, -0.05) is 12.1 Å². The van der Waals surface area contributed by atoms with Crippen LogP contribution >= 0.6 is 0 Å². The second-order valence-electron chi connectivity index (χ2n) is 8.42. The molecule has 2 N–H and O–H groups in total. The van der Waals surface area contributed by atoms with E-state index in [0.29, 0.717) is 24.0 Å². The second-order valence-corrected chi connectivity index (χ2v) is 11.9. The van der Waals surface area contributed by atoms with E-state index in [1.54, 1.807) is 18.2 Å². The SMILES string of the molecule is CN(Cc1ccc2cc(NS(C)(=O)=O)ccc2n1)C1Cc2ccc(NS(C)(=O)=O)cc2C1. The summed E-state index contributed by atoms with van der Waals surface area (Å²) in [7, 11) is -4.56. The topological polar surface area (TPSA) is 108 Å². The van der Waals surface area contributed by atoms with Gasteiger partial charge in [0.25, 0.3) is 0 Å². The number of benzene rings is 2. The van der Waals surface area contributed by atoms with E-state index >= 15 is 0 Å². The minimum Gasteiger partial charge on any atom is -0.297 e. The third-order valence-corrected chi connectivity index (χ3v) is 6.72. The fourth-order valence-electron chi connectivity index (χ4n) is 4.10. The Morgan fingerprint density at radius 1 is 0.875 bits per heavy atom. The molecule has 1 aliphatic carbocycles. The first-order chi connectivity index (χ1) is 14.9. The standard InChI is InChI=1S/C22H26N4O4S2/c1-26(21-12-15-4-6-18(11-17(15)13-21)24-31(2,27)28)14-20-7-5-16-10-19(25-32(3,29)30)8-9-22(16)23-20/h4-11,21,24-25H,12-14H2,1-3H3. The van der Waals surface area contributed by atoms with Crippen LogP contribution in [0.3, 0.4) is 0 Å². The normalized spacial score (nSPS) is 16.3. The highest BCUT2D eigenvalue weighted by atomic mass is 32.2. The van der Waals surface area contributed by atoms with Gasteiger partial charge in [0, 0.05) is 29.3 Å². The van der Waals surface area contributed by atoms with Crippen LogP contribution in [0.15, 0.2) is 48.5 Å². The smallest absolute Gasteiger partial charge is 0.229 e. The molecule has 0 saturated carbocycles. The lowest BCUT2D eigenvalue weighted by Crippen LogP contribution is -2.32. The van der Waals surface area contributed by atoms with Gasteiger partial charge in [-0.05, 0) is 67.4 Å². The number of likely N-dealkylation sites (N-methyl/N-ethyl adjacent to an activating group) is 1. The van der Waals surface area contributed by atoms with Gasteiger partial charge in [-0.2, -0.15) is 0 Å².